The van der Waals surface area contributed by atoms with Crippen molar-refractivity contribution in [2.75, 3.05) is 26.2 Å². The molecule has 2 aromatic carbocycles. The van der Waals surface area contributed by atoms with Crippen molar-refractivity contribution in [3.8, 4) is 5.69 Å². The lowest BCUT2D eigenvalue weighted by molar-refractivity contribution is 0.0619. The molecule has 9 heteroatoms. The number of amides is 1. The van der Waals surface area contributed by atoms with E-state index in [0.29, 0.717) is 42.6 Å². The highest BCUT2D eigenvalue weighted by molar-refractivity contribution is 7.18. The molecular formula is C24H22ClN5O2S. The van der Waals surface area contributed by atoms with Gasteiger partial charge in [0.25, 0.3) is 5.91 Å². The third-order valence-corrected chi connectivity index (χ3v) is 7.09. The Balaban J connectivity index is 1.30. The number of hydrogen-bond acceptors (Lipinski definition) is 6. The first kappa shape index (κ1) is 21.8. The van der Waals surface area contributed by atoms with E-state index in [1.165, 1.54) is 10.8 Å². The third kappa shape index (κ3) is 4.42. The molecule has 0 saturated carbocycles. The maximum atomic E-state index is 13.2. The van der Waals surface area contributed by atoms with Crippen molar-refractivity contribution in [3.05, 3.63) is 86.2 Å². The summed E-state index contributed by atoms with van der Waals surface area (Å²) < 4.78 is 2.74. The van der Waals surface area contributed by atoms with Crippen molar-refractivity contribution in [3.63, 3.8) is 0 Å². The zero-order valence-electron chi connectivity index (χ0n) is 18.1. The lowest BCUT2D eigenvalue weighted by atomic mass is 10.2. The molecule has 2 aromatic heterocycles. The van der Waals surface area contributed by atoms with Crippen LogP contribution in [-0.2, 0) is 6.54 Å². The molecule has 3 heterocycles. The normalized spacial score (nSPS) is 14.7. The largest absolute Gasteiger partial charge is 0.335 e. The highest BCUT2D eigenvalue weighted by Gasteiger charge is 2.26. The van der Waals surface area contributed by atoms with Crippen LogP contribution in [0.5, 0.6) is 0 Å². The lowest BCUT2D eigenvalue weighted by Gasteiger charge is -2.34. The SMILES string of the molecule is Cc1cc(=O)c(C(=O)N2CCN(Cc3nc4ccccc4s3)CC2)nn1-c1ccccc1Cl. The average molecular weight is 480 g/mol. The van der Waals surface area contributed by atoms with Crippen molar-refractivity contribution in [1.82, 2.24) is 24.6 Å². The number of halogens is 1. The molecule has 0 aliphatic carbocycles. The Hall–Kier alpha value is -3.07. The fourth-order valence-corrected chi connectivity index (χ4v) is 5.23. The maximum absolute atomic E-state index is 13.2. The van der Waals surface area contributed by atoms with E-state index in [2.05, 4.69) is 16.1 Å². The van der Waals surface area contributed by atoms with Crippen molar-refractivity contribution in [2.24, 2.45) is 0 Å². The van der Waals surface area contributed by atoms with Crippen LogP contribution in [0.4, 0.5) is 0 Å². The Kier molecular flexibility index (Phi) is 5.97. The van der Waals surface area contributed by atoms with E-state index in [0.717, 1.165) is 17.1 Å². The van der Waals surface area contributed by atoms with Gasteiger partial charge in [0.1, 0.15) is 5.01 Å². The molecule has 1 aliphatic rings. The molecular weight excluding hydrogens is 458 g/mol. The Morgan fingerprint density at radius 3 is 2.55 bits per heavy atom. The molecule has 168 valence electrons. The topological polar surface area (TPSA) is 71.3 Å². The molecule has 0 radical (unpaired) electrons. The second kappa shape index (κ2) is 9.05. The second-order valence-corrected chi connectivity index (χ2v) is 9.53. The molecule has 1 saturated heterocycles. The van der Waals surface area contributed by atoms with Crippen molar-refractivity contribution in [2.45, 2.75) is 13.5 Å². The molecule has 33 heavy (non-hydrogen) atoms. The molecule has 1 aliphatic heterocycles. The Bertz CT molecular complexity index is 1360. The standard InChI is InChI=1S/C24H22ClN5O2S/c1-16-14-20(31)23(27-30(16)19-8-4-2-6-17(19)25)24(32)29-12-10-28(11-13-29)15-22-26-18-7-3-5-9-21(18)33-22/h2-9,14H,10-13,15H2,1H3. The van der Waals surface area contributed by atoms with Crippen molar-refractivity contribution < 1.29 is 4.79 Å². The average Bonchev–Trinajstić information content (AvgIpc) is 3.22. The van der Waals surface area contributed by atoms with Crippen LogP contribution in [0.2, 0.25) is 5.02 Å². The summed E-state index contributed by atoms with van der Waals surface area (Å²) in [7, 11) is 0. The van der Waals surface area contributed by atoms with Crippen LogP contribution in [0.25, 0.3) is 15.9 Å². The van der Waals surface area contributed by atoms with Crippen LogP contribution in [0.1, 0.15) is 21.2 Å². The van der Waals surface area contributed by atoms with E-state index < -0.39 is 0 Å². The molecule has 1 fully saturated rings. The van der Waals surface area contributed by atoms with Gasteiger partial charge in [-0.15, -0.1) is 11.3 Å². The zero-order valence-corrected chi connectivity index (χ0v) is 19.6. The molecule has 0 bridgehead atoms. The fraction of sp³-hybridized carbons (Fsp3) is 0.250. The van der Waals surface area contributed by atoms with Crippen LogP contribution in [-0.4, -0.2) is 56.7 Å². The van der Waals surface area contributed by atoms with Gasteiger partial charge < -0.3 is 4.90 Å². The number of piperazine rings is 1. The molecule has 4 aromatic rings. The van der Waals surface area contributed by atoms with Gasteiger partial charge >= 0.3 is 0 Å². The molecule has 0 spiro atoms. The van der Waals surface area contributed by atoms with Gasteiger partial charge in [-0.3, -0.25) is 14.5 Å². The van der Waals surface area contributed by atoms with E-state index in [4.69, 9.17) is 16.6 Å². The molecule has 0 N–H and O–H groups in total. The van der Waals surface area contributed by atoms with Gasteiger partial charge in [0.2, 0.25) is 5.43 Å². The number of benzene rings is 2. The minimum absolute atomic E-state index is 0.0832. The molecule has 0 unspecified atom stereocenters. The number of para-hydroxylation sites is 2. The van der Waals surface area contributed by atoms with E-state index in [1.807, 2.05) is 36.4 Å². The highest BCUT2D eigenvalue weighted by atomic mass is 35.5. The second-order valence-electron chi connectivity index (χ2n) is 8.01. The molecule has 0 atom stereocenters. The van der Waals surface area contributed by atoms with Gasteiger partial charge in [0, 0.05) is 37.9 Å². The summed E-state index contributed by atoms with van der Waals surface area (Å²) in [5.74, 6) is -0.347. The van der Waals surface area contributed by atoms with Gasteiger partial charge in [-0.2, -0.15) is 5.10 Å². The number of carbonyl (C=O) groups is 1. The monoisotopic (exact) mass is 479 g/mol. The summed E-state index contributed by atoms with van der Waals surface area (Å²) in [6.07, 6.45) is 0. The number of aryl methyl sites for hydroxylation is 1. The van der Waals surface area contributed by atoms with Crippen molar-refractivity contribution >= 4 is 39.1 Å². The first-order valence-electron chi connectivity index (χ1n) is 10.7. The number of fused-ring (bicyclic) bond motifs is 1. The van der Waals surface area contributed by atoms with Gasteiger partial charge in [-0.25, -0.2) is 9.67 Å². The number of carbonyl (C=O) groups excluding carboxylic acids is 1. The van der Waals surface area contributed by atoms with E-state index in [1.54, 1.807) is 33.9 Å². The van der Waals surface area contributed by atoms with Gasteiger partial charge in [-0.05, 0) is 31.2 Å². The summed E-state index contributed by atoms with van der Waals surface area (Å²) in [6, 6.07) is 16.8. The predicted molar refractivity (Wildman–Crippen MR) is 130 cm³/mol. The van der Waals surface area contributed by atoms with Crippen LogP contribution in [0, 0.1) is 6.92 Å². The van der Waals surface area contributed by atoms with Crippen molar-refractivity contribution in [1.29, 1.82) is 0 Å². The Morgan fingerprint density at radius 1 is 1.06 bits per heavy atom. The summed E-state index contributed by atoms with van der Waals surface area (Å²) in [4.78, 5) is 34.5. The number of nitrogens with zero attached hydrogens (tertiary/aromatic N) is 5. The van der Waals surface area contributed by atoms with E-state index >= 15 is 0 Å². The molecule has 5 rings (SSSR count). The van der Waals surface area contributed by atoms with Crippen LogP contribution >= 0.6 is 22.9 Å². The van der Waals surface area contributed by atoms with Crippen LogP contribution in [0.15, 0.2) is 59.4 Å². The zero-order chi connectivity index (χ0) is 22.9. The molecule has 1 amide bonds. The first-order valence-corrected chi connectivity index (χ1v) is 11.9. The Morgan fingerprint density at radius 2 is 1.79 bits per heavy atom. The Labute approximate surface area is 199 Å². The smallest absolute Gasteiger partial charge is 0.278 e. The highest BCUT2D eigenvalue weighted by Crippen LogP contribution is 2.23. The van der Waals surface area contributed by atoms with Gasteiger partial charge in [0.05, 0.1) is 27.5 Å². The first-order chi connectivity index (χ1) is 16.0. The van der Waals surface area contributed by atoms with Crippen LogP contribution in [0.3, 0.4) is 0 Å². The summed E-state index contributed by atoms with van der Waals surface area (Å²) >= 11 is 8.02. The molecule has 7 nitrogen and oxygen atoms in total. The minimum atomic E-state index is -0.377. The number of rotatable bonds is 4. The maximum Gasteiger partial charge on any atom is 0.278 e. The predicted octanol–water partition coefficient (Wildman–Crippen LogP) is 3.76. The number of hydrogen-bond donors (Lipinski definition) is 0. The van der Waals surface area contributed by atoms with E-state index in [9.17, 15) is 9.59 Å². The van der Waals surface area contributed by atoms with Crippen LogP contribution < -0.4 is 5.43 Å². The number of thiazole rings is 1. The van der Waals surface area contributed by atoms with E-state index in [-0.39, 0.29) is 17.0 Å². The fourth-order valence-electron chi connectivity index (χ4n) is 4.00. The lowest BCUT2D eigenvalue weighted by Crippen LogP contribution is -2.49. The quantitative estimate of drug-likeness (QED) is 0.445. The number of aromatic nitrogens is 3. The third-order valence-electron chi connectivity index (χ3n) is 5.75. The van der Waals surface area contributed by atoms with Gasteiger partial charge in [0.15, 0.2) is 5.69 Å². The minimum Gasteiger partial charge on any atom is -0.335 e. The summed E-state index contributed by atoms with van der Waals surface area (Å²) in [5, 5.41) is 5.96. The van der Waals surface area contributed by atoms with Gasteiger partial charge in [-0.1, -0.05) is 35.9 Å². The summed E-state index contributed by atoms with van der Waals surface area (Å²) in [5.41, 5.74) is 1.81. The summed E-state index contributed by atoms with van der Waals surface area (Å²) in [6.45, 7) is 5.02.